The van der Waals surface area contributed by atoms with Crippen molar-refractivity contribution in [3.8, 4) is 11.1 Å². The van der Waals surface area contributed by atoms with E-state index in [0.717, 1.165) is 16.7 Å². The Morgan fingerprint density at radius 2 is 1.96 bits per heavy atom. The number of aromatic nitrogens is 2. The molecule has 0 radical (unpaired) electrons. The normalized spacial score (nSPS) is 13.8. The lowest BCUT2D eigenvalue weighted by Gasteiger charge is -2.31. The first-order valence-corrected chi connectivity index (χ1v) is 8.56. The molecule has 0 saturated carbocycles. The topological polar surface area (TPSA) is 58.1 Å². The van der Waals surface area contributed by atoms with Crippen LogP contribution in [-0.4, -0.2) is 22.2 Å². The Bertz CT molecular complexity index is 877. The number of H-pyrrole nitrogens is 1. The van der Waals surface area contributed by atoms with Crippen LogP contribution in [0.15, 0.2) is 55.0 Å². The summed E-state index contributed by atoms with van der Waals surface area (Å²) in [5.41, 5.74) is 2.37. The highest BCUT2D eigenvalue weighted by Crippen LogP contribution is 2.37. The van der Waals surface area contributed by atoms with Gasteiger partial charge in [-0.05, 0) is 40.8 Å². The molecule has 1 atom stereocenters. The summed E-state index contributed by atoms with van der Waals surface area (Å²) < 4.78 is 19.0. The Morgan fingerprint density at radius 3 is 2.62 bits per heavy atom. The van der Waals surface area contributed by atoms with Crippen LogP contribution in [0, 0.1) is 11.7 Å². The molecular weight excluding hydrogens is 331 g/mol. The molecule has 1 unspecified atom stereocenters. The molecule has 3 aromatic rings. The van der Waals surface area contributed by atoms with Gasteiger partial charge in [0.1, 0.15) is 11.4 Å². The number of aromatic amines is 1. The van der Waals surface area contributed by atoms with Gasteiger partial charge in [-0.3, -0.25) is 0 Å². The van der Waals surface area contributed by atoms with Crippen molar-refractivity contribution < 1.29 is 14.2 Å². The molecule has 26 heavy (non-hydrogen) atoms. The van der Waals surface area contributed by atoms with E-state index in [1.54, 1.807) is 31.8 Å². The molecule has 2 aromatic carbocycles. The molecule has 4 nitrogen and oxygen atoms in total. The van der Waals surface area contributed by atoms with Gasteiger partial charge in [0.2, 0.25) is 0 Å². The van der Waals surface area contributed by atoms with E-state index in [9.17, 15) is 9.50 Å². The van der Waals surface area contributed by atoms with E-state index in [0.29, 0.717) is 11.3 Å². The van der Waals surface area contributed by atoms with Crippen molar-refractivity contribution in [3.63, 3.8) is 0 Å². The lowest BCUT2D eigenvalue weighted by Crippen LogP contribution is -2.33. The van der Waals surface area contributed by atoms with E-state index in [1.165, 1.54) is 6.07 Å². The van der Waals surface area contributed by atoms with Crippen LogP contribution in [0.5, 0.6) is 0 Å². The van der Waals surface area contributed by atoms with E-state index >= 15 is 0 Å². The largest absolute Gasteiger partial charge is 0.380 e. The van der Waals surface area contributed by atoms with Crippen molar-refractivity contribution in [1.29, 1.82) is 0 Å². The lowest BCUT2D eigenvalue weighted by atomic mass is 9.80. The number of hydrogen-bond donors (Lipinski definition) is 2. The summed E-state index contributed by atoms with van der Waals surface area (Å²) in [6.07, 6.45) is 3.27. The smallest absolute Gasteiger partial charge is 0.135 e. The van der Waals surface area contributed by atoms with Crippen LogP contribution in [-0.2, 0) is 16.9 Å². The second-order valence-electron chi connectivity index (χ2n) is 6.70. The van der Waals surface area contributed by atoms with Gasteiger partial charge in [0.15, 0.2) is 0 Å². The van der Waals surface area contributed by atoms with Gasteiger partial charge >= 0.3 is 0 Å². The van der Waals surface area contributed by atoms with Gasteiger partial charge in [0.05, 0.1) is 18.6 Å². The van der Waals surface area contributed by atoms with Crippen LogP contribution in [0.2, 0.25) is 0 Å². The number of halogens is 1. The fraction of sp³-hybridized carbons (Fsp3) is 0.286. The number of methoxy groups -OCH3 is 1. The SMILES string of the molecule is COCc1cc(-c2cccc(C(O)(c3c[nH]cn3)C(C)C)c2)ccc1F. The van der Waals surface area contributed by atoms with Crippen LogP contribution in [0.3, 0.4) is 0 Å². The Balaban J connectivity index is 2.07. The molecule has 0 aliphatic rings. The number of aliphatic hydroxyl groups is 1. The summed E-state index contributed by atoms with van der Waals surface area (Å²) in [7, 11) is 1.54. The highest BCUT2D eigenvalue weighted by atomic mass is 19.1. The number of ether oxygens (including phenoxy) is 1. The van der Waals surface area contributed by atoms with Crippen molar-refractivity contribution >= 4 is 0 Å². The summed E-state index contributed by atoms with van der Waals surface area (Å²) in [4.78, 5) is 7.17. The first-order chi connectivity index (χ1) is 12.5. The highest BCUT2D eigenvalue weighted by molar-refractivity contribution is 5.65. The van der Waals surface area contributed by atoms with Crippen molar-refractivity contribution in [1.82, 2.24) is 9.97 Å². The second-order valence-corrected chi connectivity index (χ2v) is 6.70. The standard InChI is InChI=1S/C21H23FN2O2/c1-14(2)21(25,20-11-23-13-24-20)18-6-4-5-15(10-18)16-7-8-19(22)17(9-16)12-26-3/h4-11,13-14,25H,12H2,1-3H3,(H,23,24). The average Bonchev–Trinajstić information content (AvgIpc) is 3.18. The number of hydrogen-bond acceptors (Lipinski definition) is 3. The van der Waals surface area contributed by atoms with Gasteiger partial charge < -0.3 is 14.8 Å². The highest BCUT2D eigenvalue weighted by Gasteiger charge is 2.37. The molecule has 0 aliphatic carbocycles. The van der Waals surface area contributed by atoms with Crippen molar-refractivity contribution in [2.24, 2.45) is 5.92 Å². The molecule has 1 aromatic heterocycles. The maximum absolute atomic E-state index is 13.9. The van der Waals surface area contributed by atoms with Crippen molar-refractivity contribution in [3.05, 3.63) is 77.6 Å². The zero-order valence-electron chi connectivity index (χ0n) is 15.2. The van der Waals surface area contributed by atoms with Gasteiger partial charge in [-0.1, -0.05) is 38.1 Å². The molecule has 0 bridgehead atoms. The van der Waals surface area contributed by atoms with Gasteiger partial charge in [-0.15, -0.1) is 0 Å². The molecule has 1 heterocycles. The molecule has 3 rings (SSSR count). The minimum Gasteiger partial charge on any atom is -0.380 e. The maximum Gasteiger partial charge on any atom is 0.135 e. The summed E-state index contributed by atoms with van der Waals surface area (Å²) in [5, 5.41) is 11.4. The zero-order chi connectivity index (χ0) is 18.7. The summed E-state index contributed by atoms with van der Waals surface area (Å²) in [5.74, 6) is -0.375. The molecule has 2 N–H and O–H groups in total. The Kier molecular flexibility index (Phi) is 5.20. The van der Waals surface area contributed by atoms with Gasteiger partial charge in [-0.2, -0.15) is 0 Å². The number of imidazole rings is 1. The number of nitrogens with zero attached hydrogens (tertiary/aromatic N) is 1. The monoisotopic (exact) mass is 354 g/mol. The van der Waals surface area contributed by atoms with Crippen LogP contribution >= 0.6 is 0 Å². The van der Waals surface area contributed by atoms with E-state index in [2.05, 4.69) is 9.97 Å². The number of benzene rings is 2. The summed E-state index contributed by atoms with van der Waals surface area (Å²) in [6.45, 7) is 4.12. The molecule has 136 valence electrons. The first-order valence-electron chi connectivity index (χ1n) is 8.56. The predicted octanol–water partition coefficient (Wildman–Crippen LogP) is 4.25. The Morgan fingerprint density at radius 1 is 1.19 bits per heavy atom. The zero-order valence-corrected chi connectivity index (χ0v) is 15.2. The molecule has 5 heteroatoms. The van der Waals surface area contributed by atoms with E-state index in [1.807, 2.05) is 38.1 Å². The van der Waals surface area contributed by atoms with E-state index in [4.69, 9.17) is 4.74 Å². The van der Waals surface area contributed by atoms with Gasteiger partial charge in [0, 0.05) is 18.9 Å². The molecule has 0 spiro atoms. The van der Waals surface area contributed by atoms with Crippen LogP contribution in [0.1, 0.15) is 30.7 Å². The molecule has 0 aliphatic heterocycles. The Labute approximate surface area is 152 Å². The van der Waals surface area contributed by atoms with Crippen LogP contribution < -0.4 is 0 Å². The molecular formula is C21H23FN2O2. The van der Waals surface area contributed by atoms with Crippen molar-refractivity contribution in [2.75, 3.05) is 7.11 Å². The fourth-order valence-electron chi connectivity index (χ4n) is 3.20. The number of rotatable bonds is 6. The maximum atomic E-state index is 13.9. The fourth-order valence-corrected chi connectivity index (χ4v) is 3.20. The first kappa shape index (κ1) is 18.3. The molecule has 0 amide bonds. The predicted molar refractivity (Wildman–Crippen MR) is 99.0 cm³/mol. The minimum atomic E-state index is -1.22. The van der Waals surface area contributed by atoms with Crippen molar-refractivity contribution in [2.45, 2.75) is 26.1 Å². The minimum absolute atomic E-state index is 0.0849. The average molecular weight is 354 g/mol. The molecule has 0 saturated heterocycles. The third kappa shape index (κ3) is 3.28. The van der Waals surface area contributed by atoms with Gasteiger partial charge in [0.25, 0.3) is 0 Å². The third-order valence-corrected chi connectivity index (χ3v) is 4.71. The number of nitrogens with one attached hydrogen (secondary N) is 1. The second kappa shape index (κ2) is 7.40. The summed E-state index contributed by atoms with van der Waals surface area (Å²) >= 11 is 0. The quantitative estimate of drug-likeness (QED) is 0.696. The van der Waals surface area contributed by atoms with Gasteiger partial charge in [-0.25, -0.2) is 9.37 Å². The summed E-state index contributed by atoms with van der Waals surface area (Å²) in [6, 6.07) is 12.6. The van der Waals surface area contributed by atoms with E-state index in [-0.39, 0.29) is 18.3 Å². The van der Waals surface area contributed by atoms with Crippen LogP contribution in [0.25, 0.3) is 11.1 Å². The lowest BCUT2D eigenvalue weighted by molar-refractivity contribution is 0.0280. The molecule has 0 fully saturated rings. The third-order valence-electron chi connectivity index (χ3n) is 4.71. The van der Waals surface area contributed by atoms with E-state index < -0.39 is 5.60 Å². The Hall–Kier alpha value is -2.50. The van der Waals surface area contributed by atoms with Crippen LogP contribution in [0.4, 0.5) is 4.39 Å².